The Kier molecular flexibility index (Phi) is 2.93. The highest BCUT2D eigenvalue weighted by atomic mass is 79.9. The maximum absolute atomic E-state index is 11.4. The normalized spacial score (nSPS) is 17.4. The topological polar surface area (TPSA) is 61.4 Å². The Labute approximate surface area is 105 Å². The molecule has 0 saturated carbocycles. The highest BCUT2D eigenvalue weighted by Gasteiger charge is 2.20. The van der Waals surface area contributed by atoms with E-state index in [4.69, 9.17) is 12.2 Å². The number of hydrogen-bond acceptors (Lipinski definition) is 3. The summed E-state index contributed by atoms with van der Waals surface area (Å²) < 4.78 is 0.783. The van der Waals surface area contributed by atoms with Gasteiger partial charge in [-0.25, -0.2) is 0 Å². The number of rotatable bonds is 1. The molecule has 1 aromatic rings. The van der Waals surface area contributed by atoms with Crippen LogP contribution >= 0.6 is 28.1 Å². The lowest BCUT2D eigenvalue weighted by atomic mass is 10.2. The van der Waals surface area contributed by atoms with E-state index in [1.54, 1.807) is 24.3 Å². The second-order valence-electron chi connectivity index (χ2n) is 3.17. The molecule has 0 bridgehead atoms. The molecule has 0 atom stereocenters. The van der Waals surface area contributed by atoms with Crippen molar-refractivity contribution in [3.8, 4) is 5.75 Å². The Bertz CT molecular complexity index is 514. The molecule has 1 amide bonds. The van der Waals surface area contributed by atoms with Gasteiger partial charge in [-0.05, 0) is 42.1 Å². The molecule has 0 spiro atoms. The van der Waals surface area contributed by atoms with Gasteiger partial charge in [0.2, 0.25) is 0 Å². The maximum Gasteiger partial charge on any atom is 0.273 e. The molecule has 1 aliphatic heterocycles. The molecular formula is C10H7BrN2O2S. The van der Waals surface area contributed by atoms with E-state index in [1.165, 1.54) is 0 Å². The Morgan fingerprint density at radius 3 is 2.75 bits per heavy atom. The predicted octanol–water partition coefficient (Wildman–Crippen LogP) is 1.50. The molecule has 3 N–H and O–H groups in total. The van der Waals surface area contributed by atoms with Crippen LogP contribution in [0.5, 0.6) is 5.75 Å². The molecule has 82 valence electrons. The molecule has 1 saturated heterocycles. The number of phenolic OH excluding ortho intramolecular Hbond substituents is 1. The number of carbonyl (C=O) groups is 1. The molecule has 6 heteroatoms. The molecular weight excluding hydrogens is 292 g/mol. The molecule has 1 fully saturated rings. The summed E-state index contributed by atoms with van der Waals surface area (Å²) in [4.78, 5) is 11.4. The van der Waals surface area contributed by atoms with Crippen molar-refractivity contribution in [1.29, 1.82) is 0 Å². The summed E-state index contributed by atoms with van der Waals surface area (Å²) >= 11 is 8.13. The van der Waals surface area contributed by atoms with Crippen LogP contribution in [-0.4, -0.2) is 16.1 Å². The molecule has 1 heterocycles. The third kappa shape index (κ3) is 2.23. The lowest BCUT2D eigenvalue weighted by molar-refractivity contribution is -0.115. The summed E-state index contributed by atoms with van der Waals surface area (Å²) in [6, 6.07) is 4.80. The van der Waals surface area contributed by atoms with Crippen molar-refractivity contribution in [2.45, 2.75) is 0 Å². The van der Waals surface area contributed by atoms with Crippen LogP contribution in [0.4, 0.5) is 0 Å². The third-order valence-corrected chi connectivity index (χ3v) is 2.93. The van der Waals surface area contributed by atoms with Crippen molar-refractivity contribution in [2.75, 3.05) is 0 Å². The highest BCUT2D eigenvalue weighted by molar-refractivity contribution is 9.10. The van der Waals surface area contributed by atoms with E-state index >= 15 is 0 Å². The largest absolute Gasteiger partial charge is 0.508 e. The monoisotopic (exact) mass is 298 g/mol. The number of benzene rings is 1. The van der Waals surface area contributed by atoms with Gasteiger partial charge in [-0.3, -0.25) is 10.1 Å². The first-order valence-corrected chi connectivity index (χ1v) is 5.59. The highest BCUT2D eigenvalue weighted by Crippen LogP contribution is 2.24. The SMILES string of the molecule is O=C1NC(=S)N/C1=C\c1cc(O)ccc1Br. The number of hydrogen-bond donors (Lipinski definition) is 3. The van der Waals surface area contributed by atoms with Gasteiger partial charge >= 0.3 is 0 Å². The van der Waals surface area contributed by atoms with Crippen LogP contribution in [0.3, 0.4) is 0 Å². The van der Waals surface area contributed by atoms with Gasteiger partial charge < -0.3 is 10.4 Å². The van der Waals surface area contributed by atoms with Crippen LogP contribution in [0.15, 0.2) is 28.4 Å². The average Bonchev–Trinajstić information content (AvgIpc) is 2.51. The van der Waals surface area contributed by atoms with Gasteiger partial charge in [-0.1, -0.05) is 15.9 Å². The van der Waals surface area contributed by atoms with Gasteiger partial charge in [-0.2, -0.15) is 0 Å². The zero-order valence-electron chi connectivity index (χ0n) is 7.95. The number of amides is 1. The Hall–Kier alpha value is -1.40. The summed E-state index contributed by atoms with van der Waals surface area (Å²) in [6.07, 6.45) is 1.61. The van der Waals surface area contributed by atoms with Crippen molar-refractivity contribution < 1.29 is 9.90 Å². The first kappa shape index (κ1) is 11.1. The van der Waals surface area contributed by atoms with E-state index in [-0.39, 0.29) is 16.8 Å². The molecule has 16 heavy (non-hydrogen) atoms. The molecule has 0 aromatic heterocycles. The summed E-state index contributed by atoms with van der Waals surface area (Å²) in [6.45, 7) is 0. The lowest BCUT2D eigenvalue weighted by Crippen LogP contribution is -2.21. The summed E-state index contributed by atoms with van der Waals surface area (Å²) in [7, 11) is 0. The van der Waals surface area contributed by atoms with Gasteiger partial charge in [0, 0.05) is 4.47 Å². The molecule has 2 rings (SSSR count). The van der Waals surface area contributed by atoms with Crippen LogP contribution in [0, 0.1) is 0 Å². The predicted molar refractivity (Wildman–Crippen MR) is 67.7 cm³/mol. The fourth-order valence-electron chi connectivity index (χ4n) is 1.28. The summed E-state index contributed by atoms with van der Waals surface area (Å²) in [5, 5.41) is 14.8. The van der Waals surface area contributed by atoms with E-state index in [1.807, 2.05) is 0 Å². The van der Waals surface area contributed by atoms with Crippen LogP contribution in [0.1, 0.15) is 5.56 Å². The number of nitrogens with one attached hydrogen (secondary N) is 2. The molecule has 1 aliphatic rings. The number of aromatic hydroxyl groups is 1. The van der Waals surface area contributed by atoms with Crippen LogP contribution in [-0.2, 0) is 4.79 Å². The second-order valence-corrected chi connectivity index (χ2v) is 4.43. The summed E-state index contributed by atoms with van der Waals surface area (Å²) in [5.41, 5.74) is 1.05. The van der Waals surface area contributed by atoms with Gasteiger partial charge in [0.15, 0.2) is 5.11 Å². The van der Waals surface area contributed by atoms with Gasteiger partial charge in [0.25, 0.3) is 5.91 Å². The fourth-order valence-corrected chi connectivity index (χ4v) is 1.84. The summed E-state index contributed by atoms with van der Waals surface area (Å²) in [5.74, 6) is -0.142. The van der Waals surface area contributed by atoms with Gasteiger partial charge in [0.05, 0.1) is 0 Å². The molecule has 0 aliphatic carbocycles. The van der Waals surface area contributed by atoms with E-state index < -0.39 is 0 Å². The van der Waals surface area contributed by atoms with Crippen molar-refractivity contribution in [3.63, 3.8) is 0 Å². The van der Waals surface area contributed by atoms with Crippen molar-refractivity contribution in [2.24, 2.45) is 0 Å². The number of phenols is 1. The first-order valence-electron chi connectivity index (χ1n) is 4.39. The van der Waals surface area contributed by atoms with Crippen molar-refractivity contribution in [1.82, 2.24) is 10.6 Å². The second kappa shape index (κ2) is 4.23. The molecule has 4 nitrogen and oxygen atoms in total. The van der Waals surface area contributed by atoms with Crippen molar-refractivity contribution >= 4 is 45.2 Å². The molecule has 0 unspecified atom stereocenters. The standard InChI is InChI=1S/C10H7BrN2O2S/c11-7-2-1-6(14)3-5(7)4-8-9(15)13-10(16)12-8/h1-4,14H,(H2,12,13,15,16)/b8-4-. The van der Waals surface area contributed by atoms with E-state index in [9.17, 15) is 9.90 Å². The average molecular weight is 299 g/mol. The van der Waals surface area contributed by atoms with Crippen LogP contribution in [0.2, 0.25) is 0 Å². The van der Waals surface area contributed by atoms with E-state index in [0.717, 1.165) is 4.47 Å². The molecule has 1 aromatic carbocycles. The van der Waals surface area contributed by atoms with Gasteiger partial charge in [-0.15, -0.1) is 0 Å². The van der Waals surface area contributed by atoms with Gasteiger partial charge in [0.1, 0.15) is 11.4 Å². The Morgan fingerprint density at radius 2 is 2.12 bits per heavy atom. The zero-order chi connectivity index (χ0) is 11.7. The fraction of sp³-hybridized carbons (Fsp3) is 0. The smallest absolute Gasteiger partial charge is 0.273 e. The minimum absolute atomic E-state index is 0.135. The quantitative estimate of drug-likeness (QED) is 0.543. The Balaban J connectivity index is 2.39. The van der Waals surface area contributed by atoms with Crippen LogP contribution in [0.25, 0.3) is 6.08 Å². The van der Waals surface area contributed by atoms with E-state index in [0.29, 0.717) is 11.3 Å². The zero-order valence-corrected chi connectivity index (χ0v) is 10.4. The number of thiocarbonyl (C=S) groups is 1. The minimum atomic E-state index is -0.278. The van der Waals surface area contributed by atoms with Crippen LogP contribution < -0.4 is 10.6 Å². The van der Waals surface area contributed by atoms with E-state index in [2.05, 4.69) is 26.6 Å². The van der Waals surface area contributed by atoms with Crippen molar-refractivity contribution in [3.05, 3.63) is 33.9 Å². The maximum atomic E-state index is 11.4. The molecule has 0 radical (unpaired) electrons. The third-order valence-electron chi connectivity index (χ3n) is 2.00. The first-order chi connectivity index (χ1) is 7.56. The Morgan fingerprint density at radius 1 is 1.38 bits per heavy atom. The minimum Gasteiger partial charge on any atom is -0.508 e. The number of carbonyl (C=O) groups excluding carboxylic acids is 1. The lowest BCUT2D eigenvalue weighted by Gasteiger charge is -2.01. The number of halogens is 1.